The van der Waals surface area contributed by atoms with E-state index in [1.165, 1.54) is 12.8 Å². The third-order valence-electron chi connectivity index (χ3n) is 4.38. The Balaban J connectivity index is 2.68. The van der Waals surface area contributed by atoms with Crippen molar-refractivity contribution in [1.29, 1.82) is 0 Å². The number of nitrogens with one attached hydrogen (secondary N) is 1. The van der Waals surface area contributed by atoms with E-state index in [1.807, 2.05) is 14.1 Å². The van der Waals surface area contributed by atoms with E-state index in [9.17, 15) is 4.79 Å². The molecule has 0 atom stereocenters. The van der Waals surface area contributed by atoms with Gasteiger partial charge in [0.25, 0.3) is 0 Å². The molecule has 1 aliphatic carbocycles. The smallest absolute Gasteiger partial charge is 0.233 e. The number of carbonyl (C=O) groups excluding carboxylic acids is 1. The number of hydrogen-bond donors (Lipinski definition) is 3. The topological polar surface area (TPSA) is 91.0 Å². The monoisotopic (exact) mass is 270 g/mol. The van der Waals surface area contributed by atoms with Crippen molar-refractivity contribution in [3.05, 3.63) is 0 Å². The Labute approximate surface area is 115 Å². The Bertz CT molecular complexity index is 358. The lowest BCUT2D eigenvalue weighted by Gasteiger charge is -2.37. The molecule has 110 valence electrons. The first kappa shape index (κ1) is 15.8. The molecule has 0 aromatic carbocycles. The Morgan fingerprint density at radius 3 is 2.37 bits per heavy atom. The lowest BCUT2D eigenvalue weighted by Crippen LogP contribution is -2.54. The van der Waals surface area contributed by atoms with Crippen LogP contribution in [0.4, 0.5) is 0 Å². The van der Waals surface area contributed by atoms with Gasteiger partial charge in [-0.05, 0) is 40.8 Å². The maximum Gasteiger partial charge on any atom is 0.233 e. The van der Waals surface area contributed by atoms with E-state index in [0.717, 1.165) is 12.8 Å². The van der Waals surface area contributed by atoms with Crippen LogP contribution >= 0.6 is 0 Å². The zero-order valence-corrected chi connectivity index (χ0v) is 12.4. The van der Waals surface area contributed by atoms with Crippen molar-refractivity contribution in [2.75, 3.05) is 20.6 Å². The van der Waals surface area contributed by atoms with Crippen molar-refractivity contribution in [1.82, 2.24) is 10.2 Å². The van der Waals surface area contributed by atoms with Crippen LogP contribution in [0, 0.1) is 5.41 Å². The van der Waals surface area contributed by atoms with Gasteiger partial charge in [0.2, 0.25) is 5.91 Å². The van der Waals surface area contributed by atoms with Gasteiger partial charge in [-0.2, -0.15) is 0 Å². The zero-order valence-electron chi connectivity index (χ0n) is 12.4. The molecule has 1 saturated carbocycles. The first-order valence-corrected chi connectivity index (χ1v) is 6.70. The van der Waals surface area contributed by atoms with Crippen LogP contribution in [0.2, 0.25) is 0 Å². The van der Waals surface area contributed by atoms with Crippen molar-refractivity contribution in [3.63, 3.8) is 0 Å². The highest BCUT2D eigenvalue weighted by atomic mass is 16.4. The lowest BCUT2D eigenvalue weighted by atomic mass is 9.89. The predicted molar refractivity (Wildman–Crippen MR) is 75.1 cm³/mol. The van der Waals surface area contributed by atoms with Crippen LogP contribution < -0.4 is 11.1 Å². The molecule has 0 aliphatic heterocycles. The second kappa shape index (κ2) is 5.77. The summed E-state index contributed by atoms with van der Waals surface area (Å²) >= 11 is 0. The summed E-state index contributed by atoms with van der Waals surface area (Å²) in [5, 5.41) is 14.6. The van der Waals surface area contributed by atoms with Gasteiger partial charge >= 0.3 is 0 Å². The van der Waals surface area contributed by atoms with Gasteiger partial charge < -0.3 is 21.2 Å². The van der Waals surface area contributed by atoms with Crippen molar-refractivity contribution in [2.24, 2.45) is 16.3 Å². The van der Waals surface area contributed by atoms with Gasteiger partial charge in [-0.25, -0.2) is 0 Å². The standard InChI is InChI=1S/C13H26N4O2/c1-12(2,10(14)16-19)11(18)15-9-13(17(3)4)7-5-6-8-13/h19H,5-9H2,1-4H3,(H2,14,16)(H,15,18). The molecule has 4 N–H and O–H groups in total. The van der Waals surface area contributed by atoms with E-state index in [4.69, 9.17) is 10.9 Å². The lowest BCUT2D eigenvalue weighted by molar-refractivity contribution is -0.127. The molecule has 0 aromatic heterocycles. The molecule has 0 saturated heterocycles. The molecule has 0 radical (unpaired) electrons. The van der Waals surface area contributed by atoms with Crippen LogP contribution in [-0.4, -0.2) is 48.0 Å². The molecule has 1 rings (SSSR count). The second-order valence-electron chi connectivity index (χ2n) is 6.12. The number of amides is 1. The van der Waals surface area contributed by atoms with Crippen LogP contribution in [0.15, 0.2) is 5.16 Å². The molecule has 6 heteroatoms. The molecule has 19 heavy (non-hydrogen) atoms. The number of hydrogen-bond acceptors (Lipinski definition) is 4. The van der Waals surface area contributed by atoms with E-state index in [2.05, 4.69) is 15.4 Å². The number of nitrogens with two attached hydrogens (primary N) is 1. The number of oxime groups is 1. The summed E-state index contributed by atoms with van der Waals surface area (Å²) < 4.78 is 0. The SMILES string of the molecule is CN(C)C1(CNC(=O)C(C)(C)C(N)=NO)CCCC1. The molecule has 0 aromatic rings. The third-order valence-corrected chi connectivity index (χ3v) is 4.38. The van der Waals surface area contributed by atoms with Gasteiger partial charge in [0.05, 0.1) is 0 Å². The van der Waals surface area contributed by atoms with Gasteiger partial charge in [0.1, 0.15) is 5.41 Å². The summed E-state index contributed by atoms with van der Waals surface area (Å²) in [6.45, 7) is 3.89. The van der Waals surface area contributed by atoms with Crippen molar-refractivity contribution in [2.45, 2.75) is 45.1 Å². The van der Waals surface area contributed by atoms with Crippen LogP contribution in [0.5, 0.6) is 0 Å². The molecular formula is C13H26N4O2. The van der Waals surface area contributed by atoms with Crippen LogP contribution in [0.3, 0.4) is 0 Å². The quantitative estimate of drug-likeness (QED) is 0.297. The third kappa shape index (κ3) is 3.18. The van der Waals surface area contributed by atoms with Crippen LogP contribution in [0.1, 0.15) is 39.5 Å². The molecule has 1 amide bonds. The molecule has 0 unspecified atom stereocenters. The fourth-order valence-corrected chi connectivity index (χ4v) is 2.52. The van der Waals surface area contributed by atoms with Crippen molar-refractivity contribution in [3.8, 4) is 0 Å². The summed E-state index contributed by atoms with van der Waals surface area (Å²) in [5.41, 5.74) is 4.60. The van der Waals surface area contributed by atoms with Gasteiger partial charge in [0, 0.05) is 12.1 Å². The fourth-order valence-electron chi connectivity index (χ4n) is 2.52. The van der Waals surface area contributed by atoms with E-state index in [0.29, 0.717) is 6.54 Å². The molecule has 0 heterocycles. The summed E-state index contributed by atoms with van der Waals surface area (Å²) in [6, 6.07) is 0. The molecule has 0 spiro atoms. The highest BCUT2D eigenvalue weighted by Crippen LogP contribution is 2.33. The van der Waals surface area contributed by atoms with Gasteiger partial charge in [-0.15, -0.1) is 0 Å². The van der Waals surface area contributed by atoms with E-state index in [-0.39, 0.29) is 17.3 Å². The highest BCUT2D eigenvalue weighted by molar-refractivity contribution is 6.05. The maximum absolute atomic E-state index is 12.2. The first-order chi connectivity index (χ1) is 8.76. The number of carbonyl (C=O) groups is 1. The van der Waals surface area contributed by atoms with Gasteiger partial charge in [0.15, 0.2) is 5.84 Å². The normalized spacial score (nSPS) is 19.7. The number of likely N-dealkylation sites (N-methyl/N-ethyl adjacent to an activating group) is 1. The molecule has 6 nitrogen and oxygen atoms in total. The van der Waals surface area contributed by atoms with E-state index in [1.54, 1.807) is 13.8 Å². The number of nitrogens with zero attached hydrogens (tertiary/aromatic N) is 2. The predicted octanol–water partition coefficient (Wildman–Crippen LogP) is 0.750. The average molecular weight is 270 g/mol. The zero-order chi connectivity index (χ0) is 14.7. The van der Waals surface area contributed by atoms with Gasteiger partial charge in [-0.1, -0.05) is 18.0 Å². The van der Waals surface area contributed by atoms with Crippen molar-refractivity contribution >= 4 is 11.7 Å². The molecule has 1 fully saturated rings. The Kier molecular flexibility index (Phi) is 4.79. The minimum absolute atomic E-state index is 0.0386. The average Bonchev–Trinajstić information content (AvgIpc) is 2.84. The first-order valence-electron chi connectivity index (χ1n) is 6.70. The maximum atomic E-state index is 12.2. The highest BCUT2D eigenvalue weighted by Gasteiger charge is 2.39. The van der Waals surface area contributed by atoms with Crippen LogP contribution in [-0.2, 0) is 4.79 Å². The largest absolute Gasteiger partial charge is 0.409 e. The Hall–Kier alpha value is -1.30. The number of rotatable bonds is 5. The van der Waals surface area contributed by atoms with E-state index >= 15 is 0 Å². The Morgan fingerprint density at radius 2 is 1.95 bits per heavy atom. The summed E-state index contributed by atoms with van der Waals surface area (Å²) in [6.07, 6.45) is 4.56. The Morgan fingerprint density at radius 1 is 1.42 bits per heavy atom. The second-order valence-corrected chi connectivity index (χ2v) is 6.12. The summed E-state index contributed by atoms with van der Waals surface area (Å²) in [7, 11) is 4.10. The molecule has 0 bridgehead atoms. The minimum atomic E-state index is -0.999. The number of amidine groups is 1. The molecular weight excluding hydrogens is 244 g/mol. The fraction of sp³-hybridized carbons (Fsp3) is 0.846. The van der Waals surface area contributed by atoms with Gasteiger partial charge in [-0.3, -0.25) is 4.79 Å². The summed E-state index contributed by atoms with van der Waals surface area (Å²) in [5.74, 6) is -0.286. The van der Waals surface area contributed by atoms with Crippen LogP contribution in [0.25, 0.3) is 0 Å². The minimum Gasteiger partial charge on any atom is -0.409 e. The van der Waals surface area contributed by atoms with Crippen molar-refractivity contribution < 1.29 is 10.0 Å². The molecule has 1 aliphatic rings. The summed E-state index contributed by atoms with van der Waals surface area (Å²) in [4.78, 5) is 14.4. The van der Waals surface area contributed by atoms with E-state index < -0.39 is 5.41 Å².